The molecular weight excluding hydrogens is 244 g/mol. The van der Waals surface area contributed by atoms with Gasteiger partial charge in [0, 0.05) is 26.8 Å². The summed E-state index contributed by atoms with van der Waals surface area (Å²) in [7, 11) is 1.59. The zero-order valence-electron chi connectivity index (χ0n) is 11.4. The summed E-state index contributed by atoms with van der Waals surface area (Å²) in [5.41, 5.74) is 2.09. The third-order valence-electron chi connectivity index (χ3n) is 2.55. The van der Waals surface area contributed by atoms with Gasteiger partial charge < -0.3 is 15.4 Å². The van der Waals surface area contributed by atoms with Gasteiger partial charge in [0.1, 0.15) is 0 Å². The van der Waals surface area contributed by atoms with Crippen LogP contribution in [0.4, 0.5) is 0 Å². The van der Waals surface area contributed by atoms with Gasteiger partial charge in [0.05, 0.1) is 0 Å². The molecule has 104 valence electrons. The van der Waals surface area contributed by atoms with Gasteiger partial charge in [0.2, 0.25) is 0 Å². The molecular formula is C14H20N2O3. The van der Waals surface area contributed by atoms with Crippen molar-refractivity contribution in [3.05, 3.63) is 35.4 Å². The highest BCUT2D eigenvalue weighted by molar-refractivity contribution is 6.35. The minimum Gasteiger partial charge on any atom is -0.385 e. The molecule has 5 heteroatoms. The molecule has 0 aliphatic rings. The van der Waals surface area contributed by atoms with Crippen LogP contribution in [0.25, 0.3) is 0 Å². The zero-order valence-corrected chi connectivity index (χ0v) is 11.4. The largest absolute Gasteiger partial charge is 0.385 e. The highest BCUT2D eigenvalue weighted by Crippen LogP contribution is 2.02. The Hall–Kier alpha value is -1.88. The molecule has 0 atom stereocenters. The Morgan fingerprint density at radius 2 is 1.95 bits per heavy atom. The van der Waals surface area contributed by atoms with Gasteiger partial charge >= 0.3 is 11.8 Å². The highest BCUT2D eigenvalue weighted by Gasteiger charge is 2.11. The van der Waals surface area contributed by atoms with Crippen LogP contribution >= 0.6 is 0 Å². The van der Waals surface area contributed by atoms with Crippen molar-refractivity contribution >= 4 is 11.8 Å². The van der Waals surface area contributed by atoms with E-state index >= 15 is 0 Å². The number of rotatable bonds is 6. The summed E-state index contributed by atoms with van der Waals surface area (Å²) in [4.78, 5) is 22.9. The summed E-state index contributed by atoms with van der Waals surface area (Å²) in [5.74, 6) is -1.22. The van der Waals surface area contributed by atoms with Crippen LogP contribution in [0.15, 0.2) is 24.3 Å². The van der Waals surface area contributed by atoms with Crippen molar-refractivity contribution in [2.24, 2.45) is 0 Å². The van der Waals surface area contributed by atoms with E-state index in [9.17, 15) is 9.59 Å². The number of ether oxygens (including phenoxy) is 1. The molecule has 1 aromatic rings. The van der Waals surface area contributed by atoms with Crippen molar-refractivity contribution in [3.8, 4) is 0 Å². The van der Waals surface area contributed by atoms with E-state index in [-0.39, 0.29) is 0 Å². The van der Waals surface area contributed by atoms with Crippen LogP contribution in [0.2, 0.25) is 0 Å². The monoisotopic (exact) mass is 264 g/mol. The van der Waals surface area contributed by atoms with E-state index < -0.39 is 11.8 Å². The standard InChI is InChI=1S/C14H20N2O3/c1-11-5-3-6-12(9-11)10-16-14(18)13(17)15-7-4-8-19-2/h3,5-6,9H,4,7-8,10H2,1-2H3,(H,15,17)(H,16,18). The topological polar surface area (TPSA) is 67.4 Å². The third kappa shape index (κ3) is 6.01. The van der Waals surface area contributed by atoms with Crippen molar-refractivity contribution in [1.29, 1.82) is 0 Å². The fraction of sp³-hybridized carbons (Fsp3) is 0.429. The second kappa shape index (κ2) is 8.26. The molecule has 19 heavy (non-hydrogen) atoms. The first-order chi connectivity index (χ1) is 9.13. The Kier molecular flexibility index (Phi) is 6.60. The fourth-order valence-electron chi connectivity index (χ4n) is 1.58. The van der Waals surface area contributed by atoms with Gasteiger partial charge in [-0.05, 0) is 18.9 Å². The molecule has 1 aromatic carbocycles. The van der Waals surface area contributed by atoms with Crippen molar-refractivity contribution < 1.29 is 14.3 Å². The summed E-state index contributed by atoms with van der Waals surface area (Å²) in [6, 6.07) is 7.77. The number of nitrogens with one attached hydrogen (secondary N) is 2. The summed E-state index contributed by atoms with van der Waals surface area (Å²) in [5, 5.41) is 5.12. The molecule has 5 nitrogen and oxygen atoms in total. The minimum atomic E-state index is -0.612. The van der Waals surface area contributed by atoms with Crippen molar-refractivity contribution in [2.45, 2.75) is 19.9 Å². The van der Waals surface area contributed by atoms with Gasteiger partial charge in [0.15, 0.2) is 0 Å². The lowest BCUT2D eigenvalue weighted by Gasteiger charge is -2.07. The van der Waals surface area contributed by atoms with Crippen molar-refractivity contribution in [2.75, 3.05) is 20.3 Å². The Morgan fingerprint density at radius 3 is 2.63 bits per heavy atom. The lowest BCUT2D eigenvalue weighted by molar-refractivity contribution is -0.139. The normalized spacial score (nSPS) is 10.0. The smallest absolute Gasteiger partial charge is 0.309 e. The average Bonchev–Trinajstić information content (AvgIpc) is 2.41. The van der Waals surface area contributed by atoms with Gasteiger partial charge in [0.25, 0.3) is 0 Å². The summed E-state index contributed by atoms with van der Waals surface area (Å²) in [6.45, 7) is 3.33. The molecule has 0 aliphatic carbocycles. The Morgan fingerprint density at radius 1 is 1.21 bits per heavy atom. The number of hydrogen-bond acceptors (Lipinski definition) is 3. The molecule has 0 aliphatic heterocycles. The maximum atomic E-state index is 11.5. The summed E-state index contributed by atoms with van der Waals surface area (Å²) in [6.07, 6.45) is 0.688. The molecule has 0 aromatic heterocycles. The van der Waals surface area contributed by atoms with E-state index in [0.29, 0.717) is 26.1 Å². The maximum Gasteiger partial charge on any atom is 0.309 e. The van der Waals surface area contributed by atoms with E-state index in [2.05, 4.69) is 10.6 Å². The molecule has 0 fully saturated rings. The average molecular weight is 264 g/mol. The molecule has 2 N–H and O–H groups in total. The quantitative estimate of drug-likeness (QED) is 0.589. The van der Waals surface area contributed by atoms with Crippen LogP contribution in [0.5, 0.6) is 0 Å². The second-order valence-corrected chi connectivity index (χ2v) is 4.27. The molecule has 0 saturated heterocycles. The van der Waals surface area contributed by atoms with Crippen LogP contribution in [-0.4, -0.2) is 32.1 Å². The van der Waals surface area contributed by atoms with E-state index in [0.717, 1.165) is 11.1 Å². The van der Waals surface area contributed by atoms with Gasteiger partial charge in [-0.2, -0.15) is 0 Å². The first-order valence-electron chi connectivity index (χ1n) is 6.24. The van der Waals surface area contributed by atoms with E-state index in [4.69, 9.17) is 4.74 Å². The molecule has 0 bridgehead atoms. The predicted octanol–water partition coefficient (Wildman–Crippen LogP) is 0.764. The lowest BCUT2D eigenvalue weighted by Crippen LogP contribution is -2.40. The second-order valence-electron chi connectivity index (χ2n) is 4.27. The number of amides is 2. The van der Waals surface area contributed by atoms with Crippen LogP contribution in [0.1, 0.15) is 17.5 Å². The minimum absolute atomic E-state index is 0.353. The maximum absolute atomic E-state index is 11.5. The van der Waals surface area contributed by atoms with Gasteiger partial charge in [-0.1, -0.05) is 29.8 Å². The fourth-order valence-corrected chi connectivity index (χ4v) is 1.58. The van der Waals surface area contributed by atoms with E-state index in [1.54, 1.807) is 7.11 Å². The van der Waals surface area contributed by atoms with E-state index in [1.165, 1.54) is 0 Å². The molecule has 0 saturated carbocycles. The molecule has 0 unspecified atom stereocenters. The number of methoxy groups -OCH3 is 1. The van der Waals surface area contributed by atoms with Crippen molar-refractivity contribution in [3.63, 3.8) is 0 Å². The first-order valence-corrected chi connectivity index (χ1v) is 6.24. The molecule has 2 amide bonds. The summed E-state index contributed by atoms with van der Waals surface area (Å²) >= 11 is 0. The van der Waals surface area contributed by atoms with Crippen LogP contribution < -0.4 is 10.6 Å². The number of benzene rings is 1. The lowest BCUT2D eigenvalue weighted by atomic mass is 10.1. The first kappa shape index (κ1) is 15.2. The van der Waals surface area contributed by atoms with Crippen LogP contribution in [0, 0.1) is 6.92 Å². The van der Waals surface area contributed by atoms with Crippen molar-refractivity contribution in [1.82, 2.24) is 10.6 Å². The predicted molar refractivity (Wildman–Crippen MR) is 72.5 cm³/mol. The zero-order chi connectivity index (χ0) is 14.1. The van der Waals surface area contributed by atoms with Gasteiger partial charge in [-0.25, -0.2) is 0 Å². The van der Waals surface area contributed by atoms with Gasteiger partial charge in [-0.15, -0.1) is 0 Å². The van der Waals surface area contributed by atoms with Crippen LogP contribution in [0.3, 0.4) is 0 Å². The molecule has 0 spiro atoms. The molecule has 0 radical (unpaired) electrons. The summed E-state index contributed by atoms with van der Waals surface area (Å²) < 4.78 is 4.85. The highest BCUT2D eigenvalue weighted by atomic mass is 16.5. The number of aryl methyl sites for hydroxylation is 1. The van der Waals surface area contributed by atoms with E-state index in [1.807, 2.05) is 31.2 Å². The number of carbonyl (C=O) groups excluding carboxylic acids is 2. The van der Waals surface area contributed by atoms with Gasteiger partial charge in [-0.3, -0.25) is 9.59 Å². The number of carbonyl (C=O) groups is 2. The SMILES string of the molecule is COCCCNC(=O)C(=O)NCc1cccc(C)c1. The molecule has 1 rings (SSSR count). The van der Waals surface area contributed by atoms with Crippen LogP contribution in [-0.2, 0) is 20.9 Å². The third-order valence-corrected chi connectivity index (χ3v) is 2.55. The number of hydrogen-bond donors (Lipinski definition) is 2. The Balaban J connectivity index is 2.28. The molecule has 0 heterocycles. The Bertz CT molecular complexity index is 432. The Labute approximate surface area is 113 Å².